The lowest BCUT2D eigenvalue weighted by atomic mass is 10.1. The lowest BCUT2D eigenvalue weighted by Crippen LogP contribution is -2.33. The van der Waals surface area contributed by atoms with Crippen molar-refractivity contribution in [1.29, 1.82) is 0 Å². The molecule has 1 heterocycles. The number of nitrogens with one attached hydrogen (secondary N) is 1. The number of likely N-dealkylation sites (tertiary alicyclic amines) is 1. The third kappa shape index (κ3) is 5.52. The number of hydrogen-bond donors (Lipinski definition) is 1. The van der Waals surface area contributed by atoms with Crippen molar-refractivity contribution in [1.82, 2.24) is 10.2 Å². The maximum absolute atomic E-state index is 13.0. The van der Waals surface area contributed by atoms with E-state index >= 15 is 0 Å². The highest BCUT2D eigenvalue weighted by Crippen LogP contribution is 2.24. The predicted octanol–water partition coefficient (Wildman–Crippen LogP) is 4.49. The van der Waals surface area contributed by atoms with Crippen LogP contribution in [-0.4, -0.2) is 37.1 Å². The van der Waals surface area contributed by atoms with E-state index in [0.717, 1.165) is 48.0 Å². The Morgan fingerprint density at radius 1 is 1.31 bits per heavy atom. The van der Waals surface area contributed by atoms with Crippen LogP contribution in [0.1, 0.15) is 27.9 Å². The molecule has 3 rings (SSSR count). The van der Waals surface area contributed by atoms with E-state index in [0.29, 0.717) is 31.2 Å². The molecule has 2 unspecified atom stereocenters. The molecule has 154 valence electrons. The van der Waals surface area contributed by atoms with Gasteiger partial charge in [-0.15, -0.1) is 0 Å². The molecule has 29 heavy (non-hydrogen) atoms. The predicted molar refractivity (Wildman–Crippen MR) is 123 cm³/mol. The molecule has 6 heteroatoms. The van der Waals surface area contributed by atoms with Gasteiger partial charge in [-0.2, -0.15) is 0 Å². The van der Waals surface area contributed by atoms with E-state index in [4.69, 9.17) is 16.3 Å². The zero-order chi connectivity index (χ0) is 21.0. The van der Waals surface area contributed by atoms with Gasteiger partial charge in [0, 0.05) is 30.2 Å². The minimum absolute atomic E-state index is 0.144. The van der Waals surface area contributed by atoms with Gasteiger partial charge in [0.05, 0.1) is 0 Å². The molecule has 1 N–H and O–H groups in total. The summed E-state index contributed by atoms with van der Waals surface area (Å²) in [5.74, 6) is 1.71. The summed E-state index contributed by atoms with van der Waals surface area (Å²) in [4.78, 5) is 15.0. The molecule has 1 aliphatic heterocycles. The number of ether oxygens (including phenoxy) is 1. The lowest BCUT2D eigenvalue weighted by molar-refractivity contribution is 0.0788. The van der Waals surface area contributed by atoms with E-state index in [2.05, 4.69) is 30.7 Å². The summed E-state index contributed by atoms with van der Waals surface area (Å²) in [5.41, 5.74) is 2.97. The highest BCUT2D eigenvalue weighted by Gasteiger charge is 2.28. The Hall–Kier alpha value is -2.03. The van der Waals surface area contributed by atoms with Crippen LogP contribution in [0.15, 0.2) is 48.9 Å². The van der Waals surface area contributed by atoms with Crippen LogP contribution in [0.5, 0.6) is 5.75 Å². The second-order valence-corrected chi connectivity index (χ2v) is 9.00. The second kappa shape index (κ2) is 9.65. The summed E-state index contributed by atoms with van der Waals surface area (Å²) in [6.07, 6.45) is 0.970. The summed E-state index contributed by atoms with van der Waals surface area (Å²) >= 11 is 6.04. The van der Waals surface area contributed by atoms with Crippen molar-refractivity contribution in [3.63, 3.8) is 0 Å². The number of aryl methyl sites for hydroxylation is 2. The topological polar surface area (TPSA) is 41.6 Å². The fraction of sp³-hybridized carbons (Fsp3) is 0.348. The Labute approximate surface area is 180 Å². The van der Waals surface area contributed by atoms with Crippen LogP contribution in [0, 0.1) is 19.8 Å². The zero-order valence-corrected chi connectivity index (χ0v) is 19.0. The minimum Gasteiger partial charge on any atom is -0.442 e. The monoisotopic (exact) mass is 430 g/mol. The Balaban J connectivity index is 1.53. The van der Waals surface area contributed by atoms with Gasteiger partial charge >= 0.3 is 0 Å². The van der Waals surface area contributed by atoms with Crippen molar-refractivity contribution in [3.8, 4) is 5.75 Å². The van der Waals surface area contributed by atoms with Crippen molar-refractivity contribution < 1.29 is 9.53 Å². The molecule has 4 nitrogen and oxygen atoms in total. The fourth-order valence-corrected chi connectivity index (χ4v) is 4.38. The molecule has 2 atom stereocenters. The third-order valence-corrected chi connectivity index (χ3v) is 6.43. The van der Waals surface area contributed by atoms with Crippen molar-refractivity contribution in [2.24, 2.45) is 5.92 Å². The Morgan fingerprint density at radius 2 is 2.10 bits per heavy atom. The van der Waals surface area contributed by atoms with Gasteiger partial charge in [0.1, 0.15) is 5.75 Å². The maximum Gasteiger partial charge on any atom is 0.254 e. The molecule has 2 aromatic rings. The molecule has 0 spiro atoms. The van der Waals surface area contributed by atoms with E-state index in [9.17, 15) is 4.79 Å². The summed E-state index contributed by atoms with van der Waals surface area (Å²) in [6.45, 7) is 12.3. The highest BCUT2D eigenvalue weighted by atomic mass is 35.5. The largest absolute Gasteiger partial charge is 0.442 e. The first-order chi connectivity index (χ1) is 13.9. The number of carbonyl (C=O) groups excluding carboxylic acids is 1. The van der Waals surface area contributed by atoms with Crippen molar-refractivity contribution in [2.75, 3.05) is 26.3 Å². The van der Waals surface area contributed by atoms with Gasteiger partial charge in [0.25, 0.3) is 5.91 Å². The molecule has 1 amide bonds. The Kier molecular flexibility index (Phi) is 7.21. The zero-order valence-electron chi connectivity index (χ0n) is 17.2. The van der Waals surface area contributed by atoms with Crippen LogP contribution in [-0.2, 0) is 0 Å². The lowest BCUT2D eigenvalue weighted by Gasteiger charge is -2.19. The van der Waals surface area contributed by atoms with Crippen LogP contribution in [0.25, 0.3) is 0 Å². The van der Waals surface area contributed by atoms with Gasteiger partial charge < -0.3 is 15.0 Å². The summed E-state index contributed by atoms with van der Waals surface area (Å²) in [5, 5.41) is 5.03. The molecule has 0 aromatic heterocycles. The van der Waals surface area contributed by atoms with Gasteiger partial charge in [0.2, 0.25) is 0 Å². The Bertz CT molecular complexity index is 916. The van der Waals surface area contributed by atoms with Crippen LogP contribution in [0.2, 0.25) is 5.02 Å². The summed E-state index contributed by atoms with van der Waals surface area (Å²) in [6, 6.07) is 11.7. The number of hydrogen-bond acceptors (Lipinski definition) is 3. The fourth-order valence-electron chi connectivity index (χ4n) is 3.52. The Morgan fingerprint density at radius 3 is 2.86 bits per heavy atom. The molecular weight excluding hydrogens is 403 g/mol. The summed E-state index contributed by atoms with van der Waals surface area (Å²) in [7, 11) is 0.611. The number of benzene rings is 2. The van der Waals surface area contributed by atoms with Crippen LogP contribution >= 0.6 is 20.2 Å². The SMILES string of the molecule is C=C(NCC1CCN(C(=O)c2cc(C)ccc2PC)C1)Oc1cc(Cl)ccc1C. The van der Waals surface area contributed by atoms with Crippen LogP contribution in [0.4, 0.5) is 0 Å². The molecule has 0 aliphatic carbocycles. The van der Waals surface area contributed by atoms with E-state index in [-0.39, 0.29) is 5.91 Å². The van der Waals surface area contributed by atoms with Gasteiger partial charge in [-0.25, -0.2) is 0 Å². The number of amides is 1. The second-order valence-electron chi connectivity index (χ2n) is 7.52. The normalized spacial score (nSPS) is 16.4. The number of carbonyl (C=O) groups is 1. The molecule has 2 aromatic carbocycles. The first-order valence-electron chi connectivity index (χ1n) is 9.82. The van der Waals surface area contributed by atoms with Gasteiger partial charge in [-0.05, 0) is 68.5 Å². The molecule has 1 aliphatic rings. The average Bonchev–Trinajstić information content (AvgIpc) is 3.17. The van der Waals surface area contributed by atoms with Gasteiger partial charge in [-0.3, -0.25) is 4.79 Å². The van der Waals surface area contributed by atoms with E-state index in [1.807, 2.05) is 36.9 Å². The van der Waals surface area contributed by atoms with E-state index < -0.39 is 0 Å². The maximum atomic E-state index is 13.0. The first kappa shape index (κ1) is 21.7. The molecule has 1 fully saturated rings. The standard InChI is InChI=1S/C23H28ClN2O2P/c1-15-5-8-22(29-4)20(11-15)23(27)26-10-9-18(14-26)13-25-17(3)28-21-12-19(24)7-6-16(21)2/h5-8,11-12,18,25,29H,3,9-10,13-14H2,1-2,4H3. The van der Waals surface area contributed by atoms with Crippen molar-refractivity contribution in [2.45, 2.75) is 20.3 Å². The average molecular weight is 431 g/mol. The third-order valence-electron chi connectivity index (χ3n) is 5.22. The van der Waals surface area contributed by atoms with Crippen molar-refractivity contribution >= 4 is 31.4 Å². The molecule has 0 bridgehead atoms. The quantitative estimate of drug-likeness (QED) is 0.519. The van der Waals surface area contributed by atoms with Crippen LogP contribution < -0.4 is 15.4 Å². The molecule has 0 saturated carbocycles. The van der Waals surface area contributed by atoms with Crippen molar-refractivity contribution in [3.05, 3.63) is 70.6 Å². The highest BCUT2D eigenvalue weighted by molar-refractivity contribution is 7.46. The van der Waals surface area contributed by atoms with E-state index in [1.165, 1.54) is 0 Å². The van der Waals surface area contributed by atoms with Gasteiger partial charge in [-0.1, -0.05) is 43.9 Å². The first-order valence-corrected chi connectivity index (χ1v) is 11.7. The minimum atomic E-state index is 0.144. The number of nitrogens with zero attached hydrogens (tertiary/aromatic N) is 1. The molecular formula is C23H28ClN2O2P. The number of halogens is 1. The number of rotatable bonds is 7. The molecule has 1 saturated heterocycles. The molecule has 0 radical (unpaired) electrons. The van der Waals surface area contributed by atoms with E-state index in [1.54, 1.807) is 6.07 Å². The summed E-state index contributed by atoms with van der Waals surface area (Å²) < 4.78 is 5.80. The van der Waals surface area contributed by atoms with Gasteiger partial charge in [0.15, 0.2) is 5.88 Å². The van der Waals surface area contributed by atoms with Crippen LogP contribution in [0.3, 0.4) is 0 Å². The smallest absolute Gasteiger partial charge is 0.254 e.